The first-order valence-electron chi connectivity index (χ1n) is 6.11. The summed E-state index contributed by atoms with van der Waals surface area (Å²) in [6.07, 6.45) is 4.96. The third-order valence-electron chi connectivity index (χ3n) is 3.66. The van der Waals surface area contributed by atoms with Gasteiger partial charge in [0, 0.05) is 22.7 Å². The first kappa shape index (κ1) is 13.6. The van der Waals surface area contributed by atoms with Gasteiger partial charge in [0.1, 0.15) is 0 Å². The fourth-order valence-electron chi connectivity index (χ4n) is 2.76. The van der Waals surface area contributed by atoms with E-state index < -0.39 is 9.05 Å². The molecule has 0 aromatic carbocycles. The van der Waals surface area contributed by atoms with Crippen molar-refractivity contribution in [1.82, 2.24) is 0 Å². The molecule has 6 heteroatoms. The monoisotopic (exact) mass is 282 g/mol. The van der Waals surface area contributed by atoms with Gasteiger partial charge in [-0.15, -0.1) is 0 Å². The standard InChI is InChI=1S/C11H19ClO4S/c12-17(13,14)9-11(4-1-2-5-11)8-16-10-3-6-15-7-10/h10H,1-9H2. The van der Waals surface area contributed by atoms with Gasteiger partial charge in [-0.25, -0.2) is 8.42 Å². The third kappa shape index (κ3) is 4.09. The van der Waals surface area contributed by atoms with Crippen LogP contribution in [0, 0.1) is 5.41 Å². The Morgan fingerprint density at radius 1 is 1.35 bits per heavy atom. The van der Waals surface area contributed by atoms with Crippen molar-refractivity contribution in [1.29, 1.82) is 0 Å². The van der Waals surface area contributed by atoms with Crippen LogP contribution in [0.3, 0.4) is 0 Å². The molecule has 1 atom stereocenters. The predicted octanol–water partition coefficient (Wildman–Crippen LogP) is 1.92. The second kappa shape index (κ2) is 5.43. The van der Waals surface area contributed by atoms with Crippen LogP contribution < -0.4 is 0 Å². The fraction of sp³-hybridized carbons (Fsp3) is 1.00. The molecule has 0 aromatic heterocycles. The van der Waals surface area contributed by atoms with E-state index in [1.54, 1.807) is 0 Å². The number of hydrogen-bond acceptors (Lipinski definition) is 4. The molecule has 17 heavy (non-hydrogen) atoms. The molecule has 0 N–H and O–H groups in total. The van der Waals surface area contributed by atoms with E-state index in [0.29, 0.717) is 13.2 Å². The van der Waals surface area contributed by atoms with Gasteiger partial charge in [-0.3, -0.25) is 0 Å². The molecule has 0 bridgehead atoms. The third-order valence-corrected chi connectivity index (χ3v) is 4.94. The summed E-state index contributed by atoms with van der Waals surface area (Å²) in [5.74, 6) is 0.0368. The summed E-state index contributed by atoms with van der Waals surface area (Å²) < 4.78 is 33.6. The minimum absolute atomic E-state index is 0.0368. The van der Waals surface area contributed by atoms with Crippen LogP contribution >= 0.6 is 10.7 Å². The van der Waals surface area contributed by atoms with Crippen LogP contribution in [-0.2, 0) is 18.5 Å². The number of ether oxygens (including phenoxy) is 2. The van der Waals surface area contributed by atoms with Crippen molar-refractivity contribution in [2.75, 3.05) is 25.6 Å². The van der Waals surface area contributed by atoms with Crippen LogP contribution in [0.2, 0.25) is 0 Å². The summed E-state index contributed by atoms with van der Waals surface area (Å²) in [7, 11) is 1.94. The molecule has 1 saturated carbocycles. The first-order valence-corrected chi connectivity index (χ1v) is 8.59. The lowest BCUT2D eigenvalue weighted by Crippen LogP contribution is -2.33. The molecule has 2 fully saturated rings. The van der Waals surface area contributed by atoms with E-state index in [1.807, 2.05) is 0 Å². The quantitative estimate of drug-likeness (QED) is 0.723. The van der Waals surface area contributed by atoms with Crippen LogP contribution in [0.5, 0.6) is 0 Å². The molecule has 100 valence electrons. The molecule has 0 amide bonds. The fourth-order valence-corrected chi connectivity index (χ4v) is 4.56. The Morgan fingerprint density at radius 3 is 2.59 bits per heavy atom. The van der Waals surface area contributed by atoms with E-state index in [2.05, 4.69) is 0 Å². The molecule has 1 unspecified atom stereocenters. The molecule has 0 aromatic rings. The SMILES string of the molecule is O=S(=O)(Cl)CC1(COC2CCOC2)CCCC1. The largest absolute Gasteiger partial charge is 0.379 e. The van der Waals surface area contributed by atoms with Crippen LogP contribution in [0.4, 0.5) is 0 Å². The van der Waals surface area contributed by atoms with Crippen molar-refractivity contribution in [3.63, 3.8) is 0 Å². The number of halogens is 1. The summed E-state index contributed by atoms with van der Waals surface area (Å²) in [4.78, 5) is 0. The number of hydrogen-bond donors (Lipinski definition) is 0. The molecular formula is C11H19ClO4S. The van der Waals surface area contributed by atoms with E-state index in [-0.39, 0.29) is 17.3 Å². The van der Waals surface area contributed by atoms with Crippen molar-refractivity contribution >= 4 is 19.7 Å². The van der Waals surface area contributed by atoms with Crippen molar-refractivity contribution in [3.8, 4) is 0 Å². The maximum Gasteiger partial charge on any atom is 0.233 e. The highest BCUT2D eigenvalue weighted by atomic mass is 35.7. The van der Waals surface area contributed by atoms with Crippen molar-refractivity contribution in [2.45, 2.75) is 38.2 Å². The van der Waals surface area contributed by atoms with Gasteiger partial charge in [0.25, 0.3) is 0 Å². The normalized spacial score (nSPS) is 28.6. The summed E-state index contributed by atoms with van der Waals surface area (Å²) >= 11 is 0. The zero-order valence-electron chi connectivity index (χ0n) is 9.86. The smallest absolute Gasteiger partial charge is 0.233 e. The Labute approximate surface area is 107 Å². The molecule has 1 saturated heterocycles. The van der Waals surface area contributed by atoms with Gasteiger partial charge < -0.3 is 9.47 Å². The van der Waals surface area contributed by atoms with E-state index in [9.17, 15) is 8.42 Å². The molecule has 2 rings (SSSR count). The van der Waals surface area contributed by atoms with Crippen LogP contribution in [-0.4, -0.2) is 40.1 Å². The van der Waals surface area contributed by atoms with E-state index in [1.165, 1.54) is 0 Å². The van der Waals surface area contributed by atoms with Gasteiger partial charge >= 0.3 is 0 Å². The summed E-state index contributed by atoms with van der Waals surface area (Å²) in [6.45, 7) is 1.86. The second-order valence-electron chi connectivity index (χ2n) is 5.19. The molecule has 0 radical (unpaired) electrons. The average molecular weight is 283 g/mol. The highest BCUT2D eigenvalue weighted by molar-refractivity contribution is 8.13. The van der Waals surface area contributed by atoms with Crippen molar-refractivity contribution < 1.29 is 17.9 Å². The molecule has 1 aliphatic carbocycles. The Balaban J connectivity index is 1.91. The van der Waals surface area contributed by atoms with E-state index >= 15 is 0 Å². The molecule has 1 aliphatic heterocycles. The lowest BCUT2D eigenvalue weighted by Gasteiger charge is -2.28. The van der Waals surface area contributed by atoms with Gasteiger partial charge in [-0.05, 0) is 19.3 Å². The van der Waals surface area contributed by atoms with E-state index in [0.717, 1.165) is 38.7 Å². The average Bonchev–Trinajstić information content (AvgIpc) is 2.83. The topological polar surface area (TPSA) is 52.6 Å². The maximum atomic E-state index is 11.3. The number of rotatable bonds is 5. The minimum atomic E-state index is -3.45. The van der Waals surface area contributed by atoms with Crippen molar-refractivity contribution in [3.05, 3.63) is 0 Å². The lowest BCUT2D eigenvalue weighted by atomic mass is 9.90. The predicted molar refractivity (Wildman–Crippen MR) is 65.7 cm³/mol. The lowest BCUT2D eigenvalue weighted by molar-refractivity contribution is -0.00399. The minimum Gasteiger partial charge on any atom is -0.379 e. The Hall–Kier alpha value is 0.160. The van der Waals surface area contributed by atoms with E-state index in [4.69, 9.17) is 20.2 Å². The molecule has 0 spiro atoms. The maximum absolute atomic E-state index is 11.3. The molecule has 2 aliphatic rings. The Bertz CT molecular complexity index is 342. The Kier molecular flexibility index (Phi) is 4.34. The molecule has 4 nitrogen and oxygen atoms in total. The van der Waals surface area contributed by atoms with Gasteiger partial charge in [-0.1, -0.05) is 12.8 Å². The summed E-state index contributed by atoms with van der Waals surface area (Å²) in [6, 6.07) is 0. The zero-order chi connectivity index (χ0) is 12.4. The highest BCUT2D eigenvalue weighted by Crippen LogP contribution is 2.40. The van der Waals surface area contributed by atoms with Crippen LogP contribution in [0.25, 0.3) is 0 Å². The highest BCUT2D eigenvalue weighted by Gasteiger charge is 2.38. The Morgan fingerprint density at radius 2 is 2.06 bits per heavy atom. The van der Waals surface area contributed by atoms with Gasteiger partial charge in [0.05, 0.1) is 25.1 Å². The van der Waals surface area contributed by atoms with Gasteiger partial charge in [-0.2, -0.15) is 0 Å². The second-order valence-corrected chi connectivity index (χ2v) is 7.96. The first-order chi connectivity index (χ1) is 7.99. The molecule has 1 heterocycles. The van der Waals surface area contributed by atoms with Crippen LogP contribution in [0.15, 0.2) is 0 Å². The van der Waals surface area contributed by atoms with Gasteiger partial charge in [0.15, 0.2) is 0 Å². The van der Waals surface area contributed by atoms with Gasteiger partial charge in [0.2, 0.25) is 9.05 Å². The summed E-state index contributed by atoms with van der Waals surface area (Å²) in [5, 5.41) is 0. The zero-order valence-corrected chi connectivity index (χ0v) is 11.4. The molecular weight excluding hydrogens is 264 g/mol. The summed E-state index contributed by atoms with van der Waals surface area (Å²) in [5.41, 5.74) is -0.261. The van der Waals surface area contributed by atoms with Crippen LogP contribution in [0.1, 0.15) is 32.1 Å². The van der Waals surface area contributed by atoms with Crippen molar-refractivity contribution in [2.24, 2.45) is 5.41 Å².